The number of hydrogen-bond acceptors (Lipinski definition) is 5. The summed E-state index contributed by atoms with van der Waals surface area (Å²) in [6.07, 6.45) is 1.48. The van der Waals surface area contributed by atoms with E-state index in [4.69, 9.17) is 0 Å². The summed E-state index contributed by atoms with van der Waals surface area (Å²) in [5.74, 6) is -0.107. The Bertz CT molecular complexity index is 1080. The van der Waals surface area contributed by atoms with Crippen LogP contribution in [0.5, 0.6) is 0 Å². The van der Waals surface area contributed by atoms with E-state index < -0.39 is 0 Å². The van der Waals surface area contributed by atoms with Crippen molar-refractivity contribution in [3.05, 3.63) is 72.1 Å². The van der Waals surface area contributed by atoms with Crippen LogP contribution < -0.4 is 10.6 Å². The second kappa shape index (κ2) is 9.69. The highest BCUT2D eigenvalue weighted by atomic mass is 19.1. The zero-order chi connectivity index (χ0) is 22.5. The summed E-state index contributed by atoms with van der Waals surface area (Å²) < 4.78 is 14.7. The number of carbonyl (C=O) groups excluding carboxylic acids is 2. The van der Waals surface area contributed by atoms with E-state index in [0.717, 1.165) is 18.5 Å². The van der Waals surface area contributed by atoms with Crippen LogP contribution in [0.2, 0.25) is 0 Å². The van der Waals surface area contributed by atoms with Crippen LogP contribution in [-0.4, -0.2) is 57.2 Å². The first-order chi connectivity index (χ1) is 15.5. The number of para-hydroxylation sites is 1. The first kappa shape index (κ1) is 21.6. The number of carbonyl (C=O) groups is 2. The van der Waals surface area contributed by atoms with Crippen molar-refractivity contribution in [1.29, 1.82) is 0 Å². The van der Waals surface area contributed by atoms with Crippen molar-refractivity contribution in [1.82, 2.24) is 25.0 Å². The Kier molecular flexibility index (Phi) is 6.55. The van der Waals surface area contributed by atoms with E-state index in [9.17, 15) is 14.0 Å². The number of anilines is 1. The number of nitrogens with one attached hydrogen (secondary N) is 2. The number of hydrogen-bond donors (Lipinski definition) is 2. The number of halogens is 1. The summed E-state index contributed by atoms with van der Waals surface area (Å²) in [5.41, 5.74) is 1.42. The van der Waals surface area contributed by atoms with E-state index in [1.165, 1.54) is 16.8 Å². The van der Waals surface area contributed by atoms with Gasteiger partial charge in [-0.15, -0.1) is 5.10 Å². The van der Waals surface area contributed by atoms with E-state index in [0.29, 0.717) is 31.1 Å². The van der Waals surface area contributed by atoms with Crippen molar-refractivity contribution in [2.75, 3.05) is 25.0 Å². The molecule has 1 aliphatic heterocycles. The van der Waals surface area contributed by atoms with Crippen LogP contribution in [0.4, 0.5) is 10.1 Å². The Morgan fingerprint density at radius 3 is 2.44 bits per heavy atom. The zero-order valence-corrected chi connectivity index (χ0v) is 17.8. The molecule has 4 rings (SSSR count). The molecule has 0 atom stereocenters. The van der Waals surface area contributed by atoms with Gasteiger partial charge in [-0.1, -0.05) is 18.2 Å². The second-order valence-corrected chi connectivity index (χ2v) is 7.81. The number of amides is 2. The molecule has 8 nitrogen and oxygen atoms in total. The predicted molar refractivity (Wildman–Crippen MR) is 118 cm³/mol. The van der Waals surface area contributed by atoms with E-state index in [1.807, 2.05) is 30.3 Å². The lowest BCUT2D eigenvalue weighted by Crippen LogP contribution is -2.46. The van der Waals surface area contributed by atoms with E-state index >= 15 is 0 Å². The Morgan fingerprint density at radius 2 is 1.75 bits per heavy atom. The van der Waals surface area contributed by atoms with Gasteiger partial charge < -0.3 is 10.6 Å². The smallest absolute Gasteiger partial charge is 0.291 e. The number of nitrogens with zero attached hydrogens (tertiary/aromatic N) is 4. The van der Waals surface area contributed by atoms with E-state index in [1.54, 1.807) is 19.1 Å². The van der Waals surface area contributed by atoms with Crippen molar-refractivity contribution >= 4 is 17.5 Å². The number of benzene rings is 2. The van der Waals surface area contributed by atoms with Crippen LogP contribution in [0.1, 0.15) is 29.3 Å². The molecule has 32 heavy (non-hydrogen) atoms. The number of aryl methyl sites for hydroxylation is 1. The third-order valence-electron chi connectivity index (χ3n) is 5.39. The number of likely N-dealkylation sites (tertiary alicyclic amines) is 1. The lowest BCUT2D eigenvalue weighted by Gasteiger charge is -2.31. The highest BCUT2D eigenvalue weighted by molar-refractivity contribution is 5.92. The quantitative estimate of drug-likeness (QED) is 0.620. The molecule has 2 amide bonds. The molecule has 2 N–H and O–H groups in total. The third-order valence-corrected chi connectivity index (χ3v) is 5.39. The van der Waals surface area contributed by atoms with Crippen LogP contribution in [0.25, 0.3) is 5.69 Å². The van der Waals surface area contributed by atoms with Crippen LogP contribution in [0, 0.1) is 12.7 Å². The third kappa shape index (κ3) is 5.36. The fraction of sp³-hybridized carbons (Fsp3) is 0.304. The normalized spacial score (nSPS) is 14.8. The molecule has 2 heterocycles. The molecule has 0 radical (unpaired) electrons. The minimum Gasteiger partial charge on any atom is -0.346 e. The highest BCUT2D eigenvalue weighted by Gasteiger charge is 2.24. The summed E-state index contributed by atoms with van der Waals surface area (Å²) in [4.78, 5) is 31.2. The van der Waals surface area contributed by atoms with Gasteiger partial charge in [0.2, 0.25) is 11.7 Å². The lowest BCUT2D eigenvalue weighted by atomic mass is 10.0. The molecule has 1 saturated heterocycles. The summed E-state index contributed by atoms with van der Waals surface area (Å²) in [6, 6.07) is 15.2. The SMILES string of the molecule is Cc1nc(C(=O)NC2CCN(CC(=O)Nc3ccccc3)CC2)nn1-c1ccc(F)cc1. The van der Waals surface area contributed by atoms with Crippen molar-refractivity contribution in [2.45, 2.75) is 25.8 Å². The summed E-state index contributed by atoms with van der Waals surface area (Å²) in [7, 11) is 0. The largest absolute Gasteiger partial charge is 0.346 e. The van der Waals surface area contributed by atoms with Gasteiger partial charge in [0.1, 0.15) is 11.6 Å². The number of aromatic nitrogens is 3. The Balaban J connectivity index is 1.27. The molecule has 3 aromatic rings. The molecule has 0 unspecified atom stereocenters. The van der Waals surface area contributed by atoms with Crippen molar-refractivity contribution in [3.8, 4) is 5.69 Å². The maximum absolute atomic E-state index is 13.2. The second-order valence-electron chi connectivity index (χ2n) is 7.81. The lowest BCUT2D eigenvalue weighted by molar-refractivity contribution is -0.117. The average Bonchev–Trinajstić information content (AvgIpc) is 3.18. The minimum absolute atomic E-state index is 0.00554. The van der Waals surface area contributed by atoms with Crippen LogP contribution in [-0.2, 0) is 4.79 Å². The van der Waals surface area contributed by atoms with Gasteiger partial charge in [0.05, 0.1) is 12.2 Å². The maximum Gasteiger partial charge on any atom is 0.291 e. The molecule has 1 aromatic heterocycles. The standard InChI is InChI=1S/C23H25FN6O2/c1-16-25-22(28-30(16)20-9-7-17(24)8-10-20)23(32)27-19-11-13-29(14-12-19)15-21(31)26-18-5-3-2-4-6-18/h2-10,19H,11-15H2,1H3,(H,26,31)(H,27,32). The van der Waals surface area contributed by atoms with E-state index in [2.05, 4.69) is 25.6 Å². The molecule has 166 valence electrons. The monoisotopic (exact) mass is 436 g/mol. The van der Waals surface area contributed by atoms with Crippen LogP contribution in [0.15, 0.2) is 54.6 Å². The number of rotatable bonds is 6. The fourth-order valence-corrected chi connectivity index (χ4v) is 3.72. The molecular formula is C23H25FN6O2. The molecule has 0 bridgehead atoms. The predicted octanol–water partition coefficient (Wildman–Crippen LogP) is 2.55. The average molecular weight is 436 g/mol. The highest BCUT2D eigenvalue weighted by Crippen LogP contribution is 2.13. The number of piperidine rings is 1. The van der Waals surface area contributed by atoms with Gasteiger partial charge in [-0.2, -0.15) is 0 Å². The van der Waals surface area contributed by atoms with Crippen LogP contribution >= 0.6 is 0 Å². The summed E-state index contributed by atoms with van der Waals surface area (Å²) >= 11 is 0. The van der Waals surface area contributed by atoms with Gasteiger partial charge in [0.15, 0.2) is 0 Å². The summed E-state index contributed by atoms with van der Waals surface area (Å²) in [5, 5.41) is 10.2. The first-order valence-electron chi connectivity index (χ1n) is 10.6. The first-order valence-corrected chi connectivity index (χ1v) is 10.6. The molecule has 1 aliphatic rings. The summed E-state index contributed by atoms with van der Waals surface area (Å²) in [6.45, 7) is 3.48. The fourth-order valence-electron chi connectivity index (χ4n) is 3.72. The molecule has 2 aromatic carbocycles. The van der Waals surface area contributed by atoms with Crippen molar-refractivity contribution in [3.63, 3.8) is 0 Å². The Hall–Kier alpha value is -3.59. The van der Waals surface area contributed by atoms with Gasteiger partial charge in [-0.3, -0.25) is 14.5 Å². The maximum atomic E-state index is 13.2. The molecule has 0 saturated carbocycles. The molecule has 0 aliphatic carbocycles. The van der Waals surface area contributed by atoms with Gasteiger partial charge in [0.25, 0.3) is 5.91 Å². The van der Waals surface area contributed by atoms with Gasteiger partial charge in [-0.25, -0.2) is 14.1 Å². The van der Waals surface area contributed by atoms with Crippen molar-refractivity contribution < 1.29 is 14.0 Å². The van der Waals surface area contributed by atoms with Gasteiger partial charge >= 0.3 is 0 Å². The minimum atomic E-state index is -0.339. The van der Waals surface area contributed by atoms with E-state index in [-0.39, 0.29) is 29.5 Å². The molecule has 9 heteroatoms. The Morgan fingerprint density at radius 1 is 1.06 bits per heavy atom. The van der Waals surface area contributed by atoms with Crippen molar-refractivity contribution in [2.24, 2.45) is 0 Å². The van der Waals surface area contributed by atoms with Gasteiger partial charge in [-0.05, 0) is 56.2 Å². The molecule has 0 spiro atoms. The molecular weight excluding hydrogens is 411 g/mol. The molecule has 1 fully saturated rings. The zero-order valence-electron chi connectivity index (χ0n) is 17.8. The topological polar surface area (TPSA) is 92.2 Å². The van der Waals surface area contributed by atoms with Crippen LogP contribution in [0.3, 0.4) is 0 Å². The Labute approximate surface area is 185 Å². The van der Waals surface area contributed by atoms with Gasteiger partial charge in [0, 0.05) is 24.8 Å².